The molecule has 0 atom stereocenters. The summed E-state index contributed by atoms with van der Waals surface area (Å²) in [5.74, 6) is 0.701. The fourth-order valence-corrected chi connectivity index (χ4v) is 8.53. The van der Waals surface area contributed by atoms with Crippen LogP contribution in [0, 0.1) is 0 Å². The van der Waals surface area contributed by atoms with Gasteiger partial charge >= 0.3 is 0 Å². The normalized spacial score (nSPS) is 11.4. The van der Waals surface area contributed by atoms with E-state index < -0.39 is 0 Å². The molecule has 0 fully saturated rings. The zero-order valence-electron chi connectivity index (χ0n) is 31.7. The van der Waals surface area contributed by atoms with Crippen molar-refractivity contribution in [2.45, 2.75) is 0 Å². The third kappa shape index (κ3) is 6.09. The molecular weight excluding hydrogens is 701 g/mol. The van der Waals surface area contributed by atoms with Gasteiger partial charge in [0, 0.05) is 16.7 Å². The Morgan fingerprint density at radius 1 is 0.224 bits per heavy atom. The molecule has 1 heterocycles. The maximum absolute atomic E-state index is 5.20. The van der Waals surface area contributed by atoms with E-state index >= 15 is 0 Å². The van der Waals surface area contributed by atoms with Crippen molar-refractivity contribution in [3.05, 3.63) is 218 Å². The molecule has 0 unspecified atom stereocenters. The molecule has 0 amide bonds. The van der Waals surface area contributed by atoms with Crippen LogP contribution in [-0.2, 0) is 0 Å². The van der Waals surface area contributed by atoms with E-state index in [1.54, 1.807) is 0 Å². The average Bonchev–Trinajstić information content (AvgIpc) is 3.31. The smallest absolute Gasteiger partial charge is 0.160 e. The van der Waals surface area contributed by atoms with Crippen molar-refractivity contribution < 1.29 is 0 Å². The van der Waals surface area contributed by atoms with Crippen molar-refractivity contribution in [1.82, 2.24) is 9.97 Å². The lowest BCUT2D eigenvalue weighted by molar-refractivity contribution is 1.18. The minimum Gasteiger partial charge on any atom is -0.228 e. The quantitative estimate of drug-likeness (QED) is 0.125. The molecule has 2 heteroatoms. The topological polar surface area (TPSA) is 25.8 Å². The molecule has 11 rings (SSSR count). The Kier molecular flexibility index (Phi) is 8.19. The van der Waals surface area contributed by atoms with Gasteiger partial charge in [-0.05, 0) is 113 Å². The molecule has 0 saturated heterocycles. The summed E-state index contributed by atoms with van der Waals surface area (Å²) in [4.78, 5) is 10.4. The average molecular weight is 737 g/mol. The maximum atomic E-state index is 5.20. The van der Waals surface area contributed by atoms with Crippen molar-refractivity contribution in [3.8, 4) is 67.3 Å². The van der Waals surface area contributed by atoms with Gasteiger partial charge in [-0.1, -0.05) is 182 Å². The van der Waals surface area contributed by atoms with Crippen LogP contribution >= 0.6 is 0 Å². The fourth-order valence-electron chi connectivity index (χ4n) is 8.53. The van der Waals surface area contributed by atoms with Gasteiger partial charge in [-0.3, -0.25) is 0 Å². The third-order valence-electron chi connectivity index (χ3n) is 11.4. The number of hydrogen-bond donors (Lipinski definition) is 0. The minimum absolute atomic E-state index is 0.701. The second kappa shape index (κ2) is 14.1. The summed E-state index contributed by atoms with van der Waals surface area (Å²) in [5.41, 5.74) is 11.9. The van der Waals surface area contributed by atoms with Gasteiger partial charge in [0.05, 0.1) is 11.4 Å². The number of hydrogen-bond acceptors (Lipinski definition) is 2. The first-order chi connectivity index (χ1) is 28.7. The SMILES string of the molecule is c1ccc(-c2nc(-c3cccc(-c4cccc(-c5c6ccccc6cc6c5ccc5ccccc56)c4)c3)cc(-c3cccc(-c4ccc5ccccc5c4)c3)n2)cc1. The van der Waals surface area contributed by atoms with E-state index in [0.717, 1.165) is 44.8 Å². The highest BCUT2D eigenvalue weighted by molar-refractivity contribution is 6.20. The molecule has 2 nitrogen and oxygen atoms in total. The van der Waals surface area contributed by atoms with Gasteiger partial charge < -0.3 is 0 Å². The summed E-state index contributed by atoms with van der Waals surface area (Å²) in [7, 11) is 0. The van der Waals surface area contributed by atoms with Gasteiger partial charge in [-0.25, -0.2) is 9.97 Å². The molecule has 0 aliphatic carbocycles. The van der Waals surface area contributed by atoms with Gasteiger partial charge in [0.25, 0.3) is 0 Å². The fraction of sp³-hybridized carbons (Fsp3) is 0. The highest BCUT2D eigenvalue weighted by atomic mass is 14.9. The van der Waals surface area contributed by atoms with Crippen molar-refractivity contribution in [1.29, 1.82) is 0 Å². The molecule has 58 heavy (non-hydrogen) atoms. The van der Waals surface area contributed by atoms with Crippen LogP contribution in [0.3, 0.4) is 0 Å². The van der Waals surface area contributed by atoms with Gasteiger partial charge in [-0.2, -0.15) is 0 Å². The van der Waals surface area contributed by atoms with Crippen LogP contribution in [0.2, 0.25) is 0 Å². The summed E-state index contributed by atoms with van der Waals surface area (Å²) < 4.78 is 0. The van der Waals surface area contributed by atoms with Crippen molar-refractivity contribution in [2.24, 2.45) is 0 Å². The third-order valence-corrected chi connectivity index (χ3v) is 11.4. The molecule has 10 aromatic carbocycles. The van der Waals surface area contributed by atoms with Crippen LogP contribution in [0.5, 0.6) is 0 Å². The lowest BCUT2D eigenvalue weighted by Gasteiger charge is -2.15. The van der Waals surface area contributed by atoms with Crippen LogP contribution in [0.15, 0.2) is 218 Å². The monoisotopic (exact) mass is 736 g/mol. The maximum Gasteiger partial charge on any atom is 0.160 e. The number of nitrogens with zero attached hydrogens (tertiary/aromatic N) is 2. The molecule has 0 bridgehead atoms. The number of rotatable bonds is 6. The molecule has 1 aromatic heterocycles. The van der Waals surface area contributed by atoms with Crippen LogP contribution in [-0.4, -0.2) is 9.97 Å². The van der Waals surface area contributed by atoms with E-state index in [-0.39, 0.29) is 0 Å². The first kappa shape index (κ1) is 33.6. The van der Waals surface area contributed by atoms with Gasteiger partial charge in [0.15, 0.2) is 5.82 Å². The molecule has 0 aliphatic rings. The number of aromatic nitrogens is 2. The molecule has 0 radical (unpaired) electrons. The number of fused-ring (bicyclic) bond motifs is 5. The predicted molar refractivity (Wildman–Crippen MR) is 245 cm³/mol. The zero-order chi connectivity index (χ0) is 38.4. The second-order valence-electron chi connectivity index (χ2n) is 15.0. The Morgan fingerprint density at radius 2 is 0.724 bits per heavy atom. The molecule has 0 aliphatic heterocycles. The summed E-state index contributed by atoms with van der Waals surface area (Å²) in [6.07, 6.45) is 0. The van der Waals surface area contributed by atoms with Crippen LogP contribution in [0.4, 0.5) is 0 Å². The standard InChI is InChI=1S/C56H36N2/c1-2-15-39(16-3-1)56-57-53(36-54(58-56)47-23-11-20-42(33-47)44-28-27-37-13-4-5-17-40(37)31-44)46-22-10-19-41(32-46)43-21-12-24-48(34-43)55-50-26-9-7-18-45(50)35-52-49-25-8-6-14-38(49)29-30-51(52)55/h1-36H. The second-order valence-corrected chi connectivity index (χ2v) is 15.0. The molecule has 0 N–H and O–H groups in total. The predicted octanol–water partition coefficient (Wildman–Crippen LogP) is 15.1. The molecular formula is C56H36N2. The Labute approximate surface area is 337 Å². The van der Waals surface area contributed by atoms with Crippen LogP contribution in [0.25, 0.3) is 110 Å². The summed E-state index contributed by atoms with van der Waals surface area (Å²) >= 11 is 0. The molecule has 11 aromatic rings. The van der Waals surface area contributed by atoms with Gasteiger partial charge in [0.1, 0.15) is 0 Å². The highest BCUT2D eigenvalue weighted by Crippen LogP contribution is 2.41. The Hall–Kier alpha value is -7.68. The van der Waals surface area contributed by atoms with Gasteiger partial charge in [0.2, 0.25) is 0 Å². The Morgan fingerprint density at radius 3 is 1.43 bits per heavy atom. The Bertz CT molecular complexity index is 3350. The van der Waals surface area contributed by atoms with Crippen LogP contribution < -0.4 is 0 Å². The first-order valence-corrected chi connectivity index (χ1v) is 19.8. The summed E-state index contributed by atoms with van der Waals surface area (Å²) in [6.45, 7) is 0. The Balaban J connectivity index is 1.02. The van der Waals surface area contributed by atoms with E-state index in [4.69, 9.17) is 9.97 Å². The first-order valence-electron chi connectivity index (χ1n) is 19.8. The molecule has 0 spiro atoms. The number of benzene rings is 10. The van der Waals surface area contributed by atoms with Crippen LogP contribution in [0.1, 0.15) is 0 Å². The molecule has 270 valence electrons. The zero-order valence-corrected chi connectivity index (χ0v) is 31.7. The van der Waals surface area contributed by atoms with E-state index in [9.17, 15) is 0 Å². The van der Waals surface area contributed by atoms with Crippen molar-refractivity contribution in [2.75, 3.05) is 0 Å². The lowest BCUT2D eigenvalue weighted by Crippen LogP contribution is -1.96. The summed E-state index contributed by atoms with van der Waals surface area (Å²) in [6, 6.07) is 78.3. The van der Waals surface area contributed by atoms with E-state index in [2.05, 4.69) is 200 Å². The lowest BCUT2D eigenvalue weighted by atomic mass is 9.88. The van der Waals surface area contributed by atoms with E-state index in [0.29, 0.717) is 5.82 Å². The largest absolute Gasteiger partial charge is 0.228 e. The molecule has 0 saturated carbocycles. The van der Waals surface area contributed by atoms with Crippen molar-refractivity contribution in [3.63, 3.8) is 0 Å². The minimum atomic E-state index is 0.701. The van der Waals surface area contributed by atoms with Crippen molar-refractivity contribution >= 4 is 43.1 Å². The van der Waals surface area contributed by atoms with Gasteiger partial charge in [-0.15, -0.1) is 0 Å². The summed E-state index contributed by atoms with van der Waals surface area (Å²) in [5, 5.41) is 10.0. The highest BCUT2D eigenvalue weighted by Gasteiger charge is 2.15. The van der Waals surface area contributed by atoms with E-state index in [1.165, 1.54) is 59.8 Å². The van der Waals surface area contributed by atoms with E-state index in [1.807, 2.05) is 18.2 Å².